The van der Waals surface area contributed by atoms with E-state index in [1.54, 1.807) is 12.1 Å². The van der Waals surface area contributed by atoms with E-state index in [4.69, 9.17) is 4.74 Å². The molecule has 1 saturated heterocycles. The first kappa shape index (κ1) is 15.3. The molecular formula is C18H25NO3. The minimum absolute atomic E-state index is 0.135. The van der Waals surface area contributed by atoms with Gasteiger partial charge in [-0.1, -0.05) is 12.1 Å². The Labute approximate surface area is 131 Å². The molecule has 2 fully saturated rings. The van der Waals surface area contributed by atoms with Gasteiger partial charge in [0.1, 0.15) is 5.75 Å². The van der Waals surface area contributed by atoms with Crippen molar-refractivity contribution in [3.63, 3.8) is 0 Å². The molecule has 1 aliphatic carbocycles. The maximum atomic E-state index is 12.3. The van der Waals surface area contributed by atoms with Crippen molar-refractivity contribution in [1.29, 1.82) is 0 Å². The molecule has 4 heteroatoms. The molecule has 0 radical (unpaired) electrons. The van der Waals surface area contributed by atoms with Crippen LogP contribution in [0.2, 0.25) is 0 Å². The van der Waals surface area contributed by atoms with E-state index in [9.17, 15) is 9.90 Å². The lowest BCUT2D eigenvalue weighted by atomic mass is 9.90. The highest BCUT2D eigenvalue weighted by atomic mass is 16.5. The summed E-state index contributed by atoms with van der Waals surface area (Å²) in [7, 11) is 0. The number of benzene rings is 1. The maximum Gasteiger partial charge on any atom is 0.220 e. The van der Waals surface area contributed by atoms with E-state index in [1.807, 2.05) is 12.1 Å². The summed E-state index contributed by atoms with van der Waals surface area (Å²) in [5.74, 6) is 1.78. The second-order valence-corrected chi connectivity index (χ2v) is 6.63. The van der Waals surface area contributed by atoms with Crippen LogP contribution >= 0.6 is 0 Å². The second kappa shape index (κ2) is 7.14. The van der Waals surface area contributed by atoms with Crippen LogP contribution in [0.3, 0.4) is 0 Å². The first-order chi connectivity index (χ1) is 10.7. The Kier molecular flexibility index (Phi) is 4.98. The van der Waals surface area contributed by atoms with Gasteiger partial charge in [0.05, 0.1) is 6.61 Å². The number of amides is 1. The molecule has 0 spiro atoms. The van der Waals surface area contributed by atoms with E-state index < -0.39 is 0 Å². The maximum absolute atomic E-state index is 12.3. The first-order valence-electron chi connectivity index (χ1n) is 8.36. The fourth-order valence-corrected chi connectivity index (χ4v) is 3.28. The number of hydrogen-bond donors (Lipinski definition) is 2. The minimum atomic E-state index is 0.135. The van der Waals surface area contributed by atoms with Crippen LogP contribution in [0.25, 0.3) is 0 Å². The first-order valence-corrected chi connectivity index (χ1v) is 8.36. The van der Waals surface area contributed by atoms with E-state index in [-0.39, 0.29) is 17.6 Å². The molecule has 1 amide bonds. The van der Waals surface area contributed by atoms with Crippen molar-refractivity contribution >= 4 is 5.91 Å². The van der Waals surface area contributed by atoms with E-state index >= 15 is 0 Å². The Balaban J connectivity index is 1.52. The molecule has 2 aliphatic rings. The molecule has 0 bridgehead atoms. The molecule has 120 valence electrons. The number of nitrogens with one attached hydrogen (secondary N) is 1. The summed E-state index contributed by atoms with van der Waals surface area (Å²) in [5, 5.41) is 12.5. The third kappa shape index (κ3) is 4.23. The van der Waals surface area contributed by atoms with Crippen LogP contribution in [0.4, 0.5) is 0 Å². The van der Waals surface area contributed by atoms with E-state index in [0.29, 0.717) is 18.3 Å². The Bertz CT molecular complexity index is 490. The number of rotatable bonds is 6. The van der Waals surface area contributed by atoms with Crippen LogP contribution in [0.15, 0.2) is 24.3 Å². The fourth-order valence-electron chi connectivity index (χ4n) is 3.28. The number of ether oxygens (including phenoxy) is 1. The Morgan fingerprint density at radius 2 is 2.05 bits per heavy atom. The lowest BCUT2D eigenvalue weighted by molar-refractivity contribution is -0.122. The average Bonchev–Trinajstić information content (AvgIpc) is 3.37. The zero-order valence-corrected chi connectivity index (χ0v) is 13.0. The monoisotopic (exact) mass is 303 g/mol. The molecule has 1 aromatic rings. The molecule has 4 nitrogen and oxygen atoms in total. The number of carbonyl (C=O) groups is 1. The fraction of sp³-hybridized carbons (Fsp3) is 0.611. The molecule has 3 rings (SSSR count). The third-order valence-electron chi connectivity index (χ3n) is 4.76. The molecule has 0 unspecified atom stereocenters. The number of phenolic OH excluding ortho intramolecular Hbond substituents is 1. The standard InChI is InChI=1S/C18H25NO3/c20-16-7-5-15(6-8-16)17(14-3-4-14)10-18(21)19-11-13-2-1-9-22-12-13/h5-8,13-14,17,20H,1-4,9-12H2,(H,19,21)/t13-,17+/m0/s1. The molecule has 1 aromatic carbocycles. The van der Waals surface area contributed by atoms with Gasteiger partial charge < -0.3 is 15.2 Å². The molecular weight excluding hydrogens is 278 g/mol. The van der Waals surface area contributed by atoms with Gasteiger partial charge >= 0.3 is 0 Å². The predicted molar refractivity (Wildman–Crippen MR) is 84.7 cm³/mol. The van der Waals surface area contributed by atoms with Gasteiger partial charge in [0.15, 0.2) is 0 Å². The van der Waals surface area contributed by atoms with Gasteiger partial charge in [-0.3, -0.25) is 4.79 Å². The Morgan fingerprint density at radius 3 is 2.68 bits per heavy atom. The van der Waals surface area contributed by atoms with Gasteiger partial charge in [0.2, 0.25) is 5.91 Å². The summed E-state index contributed by atoms with van der Waals surface area (Å²) in [6, 6.07) is 7.31. The summed E-state index contributed by atoms with van der Waals surface area (Å²) in [5.41, 5.74) is 1.16. The minimum Gasteiger partial charge on any atom is -0.508 e. The normalized spacial score (nSPS) is 23.0. The summed E-state index contributed by atoms with van der Waals surface area (Å²) >= 11 is 0. The number of aromatic hydroxyl groups is 1. The van der Waals surface area contributed by atoms with Crippen LogP contribution in [0.1, 0.15) is 43.6 Å². The summed E-state index contributed by atoms with van der Waals surface area (Å²) in [6.07, 6.45) is 5.19. The van der Waals surface area contributed by atoms with Crippen molar-refractivity contribution in [2.75, 3.05) is 19.8 Å². The van der Waals surface area contributed by atoms with Crippen LogP contribution < -0.4 is 5.32 Å². The average molecular weight is 303 g/mol. The second-order valence-electron chi connectivity index (χ2n) is 6.63. The van der Waals surface area contributed by atoms with Gasteiger partial charge in [-0.15, -0.1) is 0 Å². The summed E-state index contributed by atoms with van der Waals surface area (Å²) in [4.78, 5) is 12.3. The van der Waals surface area contributed by atoms with Crippen molar-refractivity contribution < 1.29 is 14.6 Å². The van der Waals surface area contributed by atoms with Gasteiger partial charge in [-0.25, -0.2) is 0 Å². The van der Waals surface area contributed by atoms with Crippen molar-refractivity contribution in [2.45, 2.75) is 38.0 Å². The molecule has 2 N–H and O–H groups in total. The van der Waals surface area contributed by atoms with Crippen LogP contribution in [0, 0.1) is 11.8 Å². The molecule has 1 heterocycles. The highest BCUT2D eigenvalue weighted by Crippen LogP contribution is 2.44. The topological polar surface area (TPSA) is 58.6 Å². The lowest BCUT2D eigenvalue weighted by Crippen LogP contribution is -2.34. The van der Waals surface area contributed by atoms with Crippen molar-refractivity contribution in [3.05, 3.63) is 29.8 Å². The Hall–Kier alpha value is -1.55. The van der Waals surface area contributed by atoms with Crippen molar-refractivity contribution in [2.24, 2.45) is 11.8 Å². The zero-order valence-electron chi connectivity index (χ0n) is 13.0. The quantitative estimate of drug-likeness (QED) is 0.849. The van der Waals surface area contributed by atoms with Crippen molar-refractivity contribution in [1.82, 2.24) is 5.32 Å². The van der Waals surface area contributed by atoms with Crippen LogP contribution in [-0.4, -0.2) is 30.8 Å². The Morgan fingerprint density at radius 1 is 1.27 bits per heavy atom. The molecule has 22 heavy (non-hydrogen) atoms. The number of carbonyl (C=O) groups excluding carboxylic acids is 1. The largest absolute Gasteiger partial charge is 0.508 e. The number of phenols is 1. The molecule has 0 aromatic heterocycles. The summed E-state index contributed by atoms with van der Waals surface area (Å²) in [6.45, 7) is 2.35. The molecule has 2 atom stereocenters. The van der Waals surface area contributed by atoms with Gasteiger partial charge in [-0.05, 0) is 61.1 Å². The van der Waals surface area contributed by atoms with Gasteiger partial charge in [-0.2, -0.15) is 0 Å². The highest BCUT2D eigenvalue weighted by molar-refractivity contribution is 5.77. The van der Waals surface area contributed by atoms with Crippen LogP contribution in [-0.2, 0) is 9.53 Å². The van der Waals surface area contributed by atoms with E-state index in [1.165, 1.54) is 12.8 Å². The van der Waals surface area contributed by atoms with Crippen molar-refractivity contribution in [3.8, 4) is 5.75 Å². The SMILES string of the molecule is O=C(C[C@@H](c1ccc(O)cc1)C1CC1)NC[C@@H]1CCCOC1. The zero-order chi connectivity index (χ0) is 15.4. The highest BCUT2D eigenvalue weighted by Gasteiger charge is 2.33. The van der Waals surface area contributed by atoms with Crippen LogP contribution in [0.5, 0.6) is 5.75 Å². The molecule has 1 saturated carbocycles. The van der Waals surface area contributed by atoms with Gasteiger partial charge in [0.25, 0.3) is 0 Å². The smallest absolute Gasteiger partial charge is 0.220 e. The number of hydrogen-bond acceptors (Lipinski definition) is 3. The van der Waals surface area contributed by atoms with E-state index in [2.05, 4.69) is 5.32 Å². The summed E-state index contributed by atoms with van der Waals surface area (Å²) < 4.78 is 5.45. The predicted octanol–water partition coefficient (Wildman–Crippen LogP) is 2.82. The van der Waals surface area contributed by atoms with Gasteiger partial charge in [0, 0.05) is 19.6 Å². The van der Waals surface area contributed by atoms with E-state index in [0.717, 1.165) is 38.2 Å². The lowest BCUT2D eigenvalue weighted by Gasteiger charge is -2.23. The third-order valence-corrected chi connectivity index (χ3v) is 4.76. The molecule has 1 aliphatic heterocycles.